The molecule has 3 rings (SSSR count). The summed E-state index contributed by atoms with van der Waals surface area (Å²) in [4.78, 5) is 0. The molecule has 0 saturated heterocycles. The summed E-state index contributed by atoms with van der Waals surface area (Å²) in [7, 11) is 0. The predicted molar refractivity (Wildman–Crippen MR) is 84.5 cm³/mol. The van der Waals surface area contributed by atoms with Crippen LogP contribution in [0.3, 0.4) is 0 Å². The Morgan fingerprint density at radius 2 is 1.90 bits per heavy atom. The molecule has 6 heteroatoms. The molecule has 0 saturated carbocycles. The summed E-state index contributed by atoms with van der Waals surface area (Å²) in [5, 5.41) is 4.24. The number of nitrogens with one attached hydrogen (secondary N) is 1. The second-order valence-electron chi connectivity index (χ2n) is 4.87. The Labute approximate surface area is 136 Å². The van der Waals surface area contributed by atoms with Crippen LogP contribution >= 0.6 is 34.8 Å². The third-order valence-corrected chi connectivity index (χ3v) is 4.20. The molecule has 0 amide bonds. The lowest BCUT2D eigenvalue weighted by Gasteiger charge is -2.29. The van der Waals surface area contributed by atoms with Gasteiger partial charge in [0.05, 0.1) is 17.3 Å². The summed E-state index contributed by atoms with van der Waals surface area (Å²) in [6.07, 6.45) is -0.392. The third-order valence-electron chi connectivity index (χ3n) is 3.36. The van der Waals surface area contributed by atoms with E-state index in [0.717, 1.165) is 11.3 Å². The van der Waals surface area contributed by atoms with E-state index in [4.69, 9.17) is 39.5 Å². The molecule has 1 aliphatic heterocycles. The Hall–Kier alpha value is -1.16. The van der Waals surface area contributed by atoms with Crippen LogP contribution in [0.1, 0.15) is 17.2 Å². The zero-order valence-electron chi connectivity index (χ0n) is 11.0. The standard InChI is InChI=1S/C15H11Cl3FNO/c1-7-2-8(16)3-13-15(7)21-14(6-20-13)9-4-12(19)11(18)5-10(9)17/h2-5,14,20H,6H2,1H3. The van der Waals surface area contributed by atoms with E-state index in [1.54, 1.807) is 6.07 Å². The van der Waals surface area contributed by atoms with Gasteiger partial charge in [0, 0.05) is 15.6 Å². The van der Waals surface area contributed by atoms with Crippen molar-refractivity contribution >= 4 is 40.5 Å². The van der Waals surface area contributed by atoms with Gasteiger partial charge in [-0.2, -0.15) is 0 Å². The van der Waals surface area contributed by atoms with Gasteiger partial charge in [0.25, 0.3) is 0 Å². The molecule has 0 bridgehead atoms. The van der Waals surface area contributed by atoms with Crippen LogP contribution in [0.4, 0.5) is 10.1 Å². The SMILES string of the molecule is Cc1cc(Cl)cc2c1OC(c1cc(F)c(Cl)cc1Cl)CN2. The number of hydrogen-bond acceptors (Lipinski definition) is 2. The van der Waals surface area contributed by atoms with Crippen LogP contribution in [0.15, 0.2) is 24.3 Å². The molecule has 2 aromatic carbocycles. The summed E-state index contributed by atoms with van der Waals surface area (Å²) < 4.78 is 19.6. The maximum absolute atomic E-state index is 13.7. The van der Waals surface area contributed by atoms with Gasteiger partial charge < -0.3 is 10.1 Å². The monoisotopic (exact) mass is 345 g/mol. The first-order valence-corrected chi connectivity index (χ1v) is 7.44. The van der Waals surface area contributed by atoms with E-state index in [1.807, 2.05) is 13.0 Å². The molecule has 1 atom stereocenters. The van der Waals surface area contributed by atoms with Gasteiger partial charge in [0.15, 0.2) is 0 Å². The normalized spacial score (nSPS) is 16.9. The molecular formula is C15H11Cl3FNO. The molecule has 110 valence electrons. The van der Waals surface area contributed by atoms with Gasteiger partial charge in [-0.25, -0.2) is 4.39 Å². The van der Waals surface area contributed by atoms with Crippen molar-refractivity contribution in [1.29, 1.82) is 0 Å². The van der Waals surface area contributed by atoms with Crippen molar-refractivity contribution in [3.05, 3.63) is 56.3 Å². The Morgan fingerprint density at radius 1 is 1.14 bits per heavy atom. The lowest BCUT2D eigenvalue weighted by Crippen LogP contribution is -2.24. The minimum absolute atomic E-state index is 0.00381. The molecule has 0 aromatic heterocycles. The van der Waals surface area contributed by atoms with Crippen molar-refractivity contribution in [1.82, 2.24) is 0 Å². The van der Waals surface area contributed by atoms with Gasteiger partial charge in [0.1, 0.15) is 17.7 Å². The topological polar surface area (TPSA) is 21.3 Å². The van der Waals surface area contributed by atoms with E-state index >= 15 is 0 Å². The maximum atomic E-state index is 13.7. The first kappa shape index (κ1) is 14.8. The molecule has 21 heavy (non-hydrogen) atoms. The first-order valence-electron chi connectivity index (χ1n) is 6.31. The minimum Gasteiger partial charge on any atom is -0.481 e. The fourth-order valence-corrected chi connectivity index (χ4v) is 3.14. The van der Waals surface area contributed by atoms with E-state index in [0.29, 0.717) is 27.9 Å². The van der Waals surface area contributed by atoms with Crippen LogP contribution in [0, 0.1) is 12.7 Å². The summed E-state index contributed by atoms with van der Waals surface area (Å²) >= 11 is 17.9. The van der Waals surface area contributed by atoms with Crippen LogP contribution in [-0.4, -0.2) is 6.54 Å². The van der Waals surface area contributed by atoms with Crippen molar-refractivity contribution in [2.24, 2.45) is 0 Å². The lowest BCUT2D eigenvalue weighted by atomic mass is 10.1. The minimum atomic E-state index is -0.515. The summed E-state index contributed by atoms with van der Waals surface area (Å²) in [5.41, 5.74) is 2.29. The van der Waals surface area contributed by atoms with Gasteiger partial charge in [-0.1, -0.05) is 34.8 Å². The molecule has 2 aromatic rings. The van der Waals surface area contributed by atoms with Gasteiger partial charge in [-0.3, -0.25) is 0 Å². The highest BCUT2D eigenvalue weighted by atomic mass is 35.5. The molecule has 0 fully saturated rings. The number of rotatable bonds is 1. The van der Waals surface area contributed by atoms with Crippen molar-refractivity contribution in [3.63, 3.8) is 0 Å². The van der Waals surface area contributed by atoms with Crippen LogP contribution in [0.2, 0.25) is 15.1 Å². The van der Waals surface area contributed by atoms with Crippen molar-refractivity contribution < 1.29 is 9.13 Å². The number of aryl methyl sites for hydroxylation is 1. The molecule has 0 spiro atoms. The quantitative estimate of drug-likeness (QED) is 0.675. The number of anilines is 1. The van der Waals surface area contributed by atoms with E-state index in [2.05, 4.69) is 5.32 Å². The zero-order chi connectivity index (χ0) is 15.1. The van der Waals surface area contributed by atoms with E-state index < -0.39 is 11.9 Å². The van der Waals surface area contributed by atoms with Crippen LogP contribution in [0.5, 0.6) is 5.75 Å². The highest BCUT2D eigenvalue weighted by molar-refractivity contribution is 6.35. The predicted octanol–water partition coefficient (Wildman–Crippen LogP) is 5.64. The van der Waals surface area contributed by atoms with Crippen molar-refractivity contribution in [2.45, 2.75) is 13.0 Å². The zero-order valence-corrected chi connectivity index (χ0v) is 13.3. The molecule has 1 heterocycles. The van der Waals surface area contributed by atoms with E-state index in [1.165, 1.54) is 12.1 Å². The number of fused-ring (bicyclic) bond motifs is 1. The molecular weight excluding hydrogens is 336 g/mol. The number of hydrogen-bond donors (Lipinski definition) is 1. The van der Waals surface area contributed by atoms with Gasteiger partial charge in [-0.05, 0) is 36.8 Å². The Kier molecular flexibility index (Phi) is 3.91. The molecule has 1 N–H and O–H groups in total. The van der Waals surface area contributed by atoms with Gasteiger partial charge in [0.2, 0.25) is 0 Å². The van der Waals surface area contributed by atoms with Gasteiger partial charge >= 0.3 is 0 Å². The largest absolute Gasteiger partial charge is 0.481 e. The Bertz CT molecular complexity index is 721. The van der Waals surface area contributed by atoms with Gasteiger partial charge in [-0.15, -0.1) is 0 Å². The second-order valence-corrected chi connectivity index (χ2v) is 6.13. The smallest absolute Gasteiger partial charge is 0.146 e. The molecule has 0 radical (unpaired) electrons. The fourth-order valence-electron chi connectivity index (χ4n) is 2.36. The molecule has 2 nitrogen and oxygen atoms in total. The van der Waals surface area contributed by atoms with Crippen LogP contribution in [0.25, 0.3) is 0 Å². The fraction of sp³-hybridized carbons (Fsp3) is 0.200. The average Bonchev–Trinajstić information content (AvgIpc) is 2.42. The number of ether oxygens (including phenoxy) is 1. The van der Waals surface area contributed by atoms with E-state index in [9.17, 15) is 4.39 Å². The van der Waals surface area contributed by atoms with Crippen LogP contribution < -0.4 is 10.1 Å². The number of halogens is 4. The lowest BCUT2D eigenvalue weighted by molar-refractivity contribution is 0.208. The highest BCUT2D eigenvalue weighted by Crippen LogP contribution is 2.40. The number of benzene rings is 2. The highest BCUT2D eigenvalue weighted by Gasteiger charge is 2.25. The van der Waals surface area contributed by atoms with Crippen molar-refractivity contribution in [3.8, 4) is 5.75 Å². The molecule has 0 aliphatic carbocycles. The Morgan fingerprint density at radius 3 is 2.67 bits per heavy atom. The Balaban J connectivity index is 1.98. The summed E-state index contributed by atoms with van der Waals surface area (Å²) in [6, 6.07) is 6.31. The summed E-state index contributed by atoms with van der Waals surface area (Å²) in [6.45, 7) is 2.37. The van der Waals surface area contributed by atoms with Crippen LogP contribution in [-0.2, 0) is 0 Å². The maximum Gasteiger partial charge on any atom is 0.146 e. The third kappa shape index (κ3) is 2.78. The molecule has 1 unspecified atom stereocenters. The second kappa shape index (κ2) is 5.56. The average molecular weight is 347 g/mol. The van der Waals surface area contributed by atoms with E-state index in [-0.39, 0.29) is 5.02 Å². The van der Waals surface area contributed by atoms with Crippen molar-refractivity contribution in [2.75, 3.05) is 11.9 Å². The first-order chi connectivity index (χ1) is 9.95. The molecule has 1 aliphatic rings. The summed E-state index contributed by atoms with van der Waals surface area (Å²) in [5.74, 6) is 0.181.